The molecule has 19 heavy (non-hydrogen) atoms. The van der Waals surface area contributed by atoms with Gasteiger partial charge in [0.25, 0.3) is 0 Å². The molecular formula is C17H30O2. The molecule has 0 amide bonds. The van der Waals surface area contributed by atoms with Crippen LogP contribution in [0.3, 0.4) is 0 Å². The van der Waals surface area contributed by atoms with Crippen molar-refractivity contribution < 1.29 is 9.53 Å². The fraction of sp³-hybridized carbons (Fsp3) is 0.941. The number of hydrogen-bond acceptors (Lipinski definition) is 2. The van der Waals surface area contributed by atoms with E-state index in [1.54, 1.807) is 0 Å². The molecule has 1 heterocycles. The van der Waals surface area contributed by atoms with E-state index in [2.05, 4.69) is 27.7 Å². The lowest BCUT2D eigenvalue weighted by molar-refractivity contribution is -0.134. The van der Waals surface area contributed by atoms with Crippen LogP contribution >= 0.6 is 0 Å². The highest BCUT2D eigenvalue weighted by Gasteiger charge is 2.50. The molecule has 1 aliphatic heterocycles. The normalized spacial score (nSPS) is 31.7. The molecule has 0 radical (unpaired) electrons. The van der Waals surface area contributed by atoms with Gasteiger partial charge in [-0.25, -0.2) is 0 Å². The Balaban J connectivity index is 2.05. The van der Waals surface area contributed by atoms with E-state index in [0.29, 0.717) is 11.7 Å². The van der Waals surface area contributed by atoms with E-state index < -0.39 is 0 Å². The van der Waals surface area contributed by atoms with Gasteiger partial charge in [0.05, 0.1) is 11.2 Å². The Morgan fingerprint density at radius 1 is 0.947 bits per heavy atom. The fourth-order valence-corrected chi connectivity index (χ4v) is 4.03. The average molecular weight is 266 g/mol. The van der Waals surface area contributed by atoms with Crippen LogP contribution in [0.15, 0.2) is 0 Å². The number of rotatable bonds is 2. The summed E-state index contributed by atoms with van der Waals surface area (Å²) in [5.41, 5.74) is -0.436. The molecule has 1 saturated carbocycles. The quantitative estimate of drug-likeness (QED) is 0.735. The maximum Gasteiger partial charge on any atom is 0.142 e. The maximum atomic E-state index is 12.9. The second-order valence-electron chi connectivity index (χ2n) is 7.67. The van der Waals surface area contributed by atoms with E-state index in [1.807, 2.05) is 0 Å². The predicted octanol–water partition coefficient (Wildman–Crippen LogP) is 4.51. The number of hydrogen-bond donors (Lipinski definition) is 0. The standard InChI is InChI=1S/C17H30O2/c1-16(2)12-14(17(3,4)19-16)15(18)13-10-8-6-5-7-9-11-13/h13-14H,5-12H2,1-4H3. The van der Waals surface area contributed by atoms with Gasteiger partial charge in [-0.05, 0) is 47.0 Å². The van der Waals surface area contributed by atoms with Gasteiger partial charge in [-0.1, -0.05) is 32.1 Å². The summed E-state index contributed by atoms with van der Waals surface area (Å²) >= 11 is 0. The van der Waals surface area contributed by atoms with Gasteiger partial charge in [-0.2, -0.15) is 0 Å². The molecule has 0 spiro atoms. The zero-order valence-electron chi connectivity index (χ0n) is 13.1. The summed E-state index contributed by atoms with van der Waals surface area (Å²) in [4.78, 5) is 12.9. The van der Waals surface area contributed by atoms with Crippen LogP contribution in [0.5, 0.6) is 0 Å². The third-order valence-corrected chi connectivity index (χ3v) is 4.93. The van der Waals surface area contributed by atoms with Crippen molar-refractivity contribution in [1.82, 2.24) is 0 Å². The first-order chi connectivity index (χ1) is 8.82. The first-order valence-corrected chi connectivity index (χ1v) is 8.06. The minimum Gasteiger partial charge on any atom is -0.369 e. The van der Waals surface area contributed by atoms with Crippen LogP contribution < -0.4 is 0 Å². The molecule has 1 saturated heterocycles. The lowest BCUT2D eigenvalue weighted by atomic mass is 9.76. The second kappa shape index (κ2) is 5.55. The fourth-order valence-electron chi connectivity index (χ4n) is 4.03. The molecule has 2 nitrogen and oxygen atoms in total. The Labute approximate surface area is 118 Å². The predicted molar refractivity (Wildman–Crippen MR) is 78.2 cm³/mol. The summed E-state index contributed by atoms with van der Waals surface area (Å²) in [6.07, 6.45) is 9.51. The van der Waals surface area contributed by atoms with Crippen molar-refractivity contribution in [3.8, 4) is 0 Å². The summed E-state index contributed by atoms with van der Waals surface area (Å²) in [5, 5.41) is 0. The van der Waals surface area contributed by atoms with Crippen molar-refractivity contribution in [1.29, 1.82) is 0 Å². The number of ketones is 1. The lowest BCUT2D eigenvalue weighted by Gasteiger charge is -2.29. The highest BCUT2D eigenvalue weighted by molar-refractivity contribution is 5.85. The van der Waals surface area contributed by atoms with E-state index in [-0.39, 0.29) is 17.1 Å². The molecule has 1 unspecified atom stereocenters. The molecule has 110 valence electrons. The Morgan fingerprint density at radius 3 is 1.95 bits per heavy atom. The first-order valence-electron chi connectivity index (χ1n) is 8.06. The highest BCUT2D eigenvalue weighted by atomic mass is 16.5. The van der Waals surface area contributed by atoms with Gasteiger partial charge < -0.3 is 4.74 Å². The minimum atomic E-state index is -0.289. The van der Waals surface area contributed by atoms with Gasteiger partial charge in [0.15, 0.2) is 0 Å². The molecule has 0 aromatic heterocycles. The smallest absolute Gasteiger partial charge is 0.142 e. The van der Waals surface area contributed by atoms with E-state index in [0.717, 1.165) is 19.3 Å². The minimum absolute atomic E-state index is 0.0897. The Morgan fingerprint density at radius 2 is 1.47 bits per heavy atom. The Kier molecular flexibility index (Phi) is 4.39. The summed E-state index contributed by atoms with van der Waals surface area (Å²) in [5.74, 6) is 0.867. The van der Waals surface area contributed by atoms with Crippen LogP contribution in [0.2, 0.25) is 0 Å². The van der Waals surface area contributed by atoms with Gasteiger partial charge in [0.1, 0.15) is 5.78 Å². The molecule has 1 aliphatic carbocycles. The zero-order valence-corrected chi connectivity index (χ0v) is 13.1. The van der Waals surface area contributed by atoms with Gasteiger partial charge in [0.2, 0.25) is 0 Å². The molecule has 0 bridgehead atoms. The van der Waals surface area contributed by atoms with Crippen LogP contribution in [0.4, 0.5) is 0 Å². The van der Waals surface area contributed by atoms with E-state index in [9.17, 15) is 4.79 Å². The molecule has 0 aromatic rings. The molecule has 0 aromatic carbocycles. The Hall–Kier alpha value is -0.370. The molecule has 2 fully saturated rings. The summed E-state index contributed by atoms with van der Waals surface area (Å²) in [7, 11) is 0. The molecular weight excluding hydrogens is 236 g/mol. The summed E-state index contributed by atoms with van der Waals surface area (Å²) in [6.45, 7) is 8.40. The van der Waals surface area contributed by atoms with Gasteiger partial charge in [0, 0.05) is 11.8 Å². The molecule has 1 atom stereocenters. The monoisotopic (exact) mass is 266 g/mol. The average Bonchev–Trinajstić information content (AvgIpc) is 2.45. The van der Waals surface area contributed by atoms with Crippen molar-refractivity contribution in [3.05, 3.63) is 0 Å². The summed E-state index contributed by atoms with van der Waals surface area (Å²) in [6, 6.07) is 0. The van der Waals surface area contributed by atoms with Gasteiger partial charge in [-0.15, -0.1) is 0 Å². The van der Waals surface area contributed by atoms with Gasteiger partial charge >= 0.3 is 0 Å². The van der Waals surface area contributed by atoms with Crippen LogP contribution in [0.1, 0.15) is 79.1 Å². The summed E-state index contributed by atoms with van der Waals surface area (Å²) < 4.78 is 6.10. The number of ether oxygens (including phenoxy) is 1. The molecule has 2 rings (SSSR count). The van der Waals surface area contributed by atoms with Gasteiger partial charge in [-0.3, -0.25) is 4.79 Å². The SMILES string of the molecule is CC1(C)CC(C(=O)C2CCCCCCC2)C(C)(C)O1. The zero-order chi connectivity index (χ0) is 14.1. The number of carbonyl (C=O) groups is 1. The Bertz CT molecular complexity index is 322. The third kappa shape index (κ3) is 3.59. The van der Waals surface area contributed by atoms with E-state index in [4.69, 9.17) is 4.74 Å². The van der Waals surface area contributed by atoms with Crippen molar-refractivity contribution in [2.24, 2.45) is 11.8 Å². The van der Waals surface area contributed by atoms with E-state index >= 15 is 0 Å². The maximum absolute atomic E-state index is 12.9. The third-order valence-electron chi connectivity index (χ3n) is 4.93. The topological polar surface area (TPSA) is 26.3 Å². The second-order valence-corrected chi connectivity index (χ2v) is 7.67. The van der Waals surface area contributed by atoms with E-state index in [1.165, 1.54) is 32.1 Å². The van der Waals surface area contributed by atoms with Crippen LogP contribution in [0.25, 0.3) is 0 Å². The van der Waals surface area contributed by atoms with Crippen molar-refractivity contribution in [2.75, 3.05) is 0 Å². The number of carbonyl (C=O) groups excluding carboxylic acids is 1. The van der Waals surface area contributed by atoms with Crippen LogP contribution in [-0.2, 0) is 9.53 Å². The largest absolute Gasteiger partial charge is 0.369 e. The first kappa shape index (κ1) is 15.0. The number of Topliss-reactive ketones (excluding diaryl/α,β-unsaturated/α-hetero) is 1. The van der Waals surface area contributed by atoms with Crippen LogP contribution in [-0.4, -0.2) is 17.0 Å². The molecule has 2 heteroatoms. The highest BCUT2D eigenvalue weighted by Crippen LogP contribution is 2.44. The van der Waals surface area contributed by atoms with Crippen molar-refractivity contribution in [3.63, 3.8) is 0 Å². The van der Waals surface area contributed by atoms with Crippen molar-refractivity contribution in [2.45, 2.75) is 90.3 Å². The van der Waals surface area contributed by atoms with Crippen LogP contribution in [0, 0.1) is 11.8 Å². The molecule has 2 aliphatic rings. The molecule has 0 N–H and O–H groups in total. The lowest BCUT2D eigenvalue weighted by Crippen LogP contribution is -2.37. The van der Waals surface area contributed by atoms with Crippen molar-refractivity contribution >= 4 is 5.78 Å².